The van der Waals surface area contributed by atoms with Gasteiger partial charge in [0, 0.05) is 5.75 Å². The average molecular weight is 148 g/mol. The average Bonchev–Trinajstić information content (AvgIpc) is 1.89. The van der Waals surface area contributed by atoms with Gasteiger partial charge >= 0.3 is 0 Å². The monoisotopic (exact) mass is 148 g/mol. The van der Waals surface area contributed by atoms with Gasteiger partial charge in [-0.05, 0) is 19.6 Å². The molecule has 0 amide bonds. The van der Waals surface area contributed by atoms with Gasteiger partial charge < -0.3 is 4.74 Å². The fourth-order valence-corrected chi connectivity index (χ4v) is 0.713. The predicted molar refractivity (Wildman–Crippen MR) is 44.1 cm³/mol. The van der Waals surface area contributed by atoms with Crippen LogP contribution < -0.4 is 0 Å². The molecule has 0 N–H and O–H groups in total. The van der Waals surface area contributed by atoms with E-state index in [0.717, 1.165) is 18.8 Å². The summed E-state index contributed by atoms with van der Waals surface area (Å²) in [4.78, 5) is 0. The lowest BCUT2D eigenvalue weighted by atomic mass is 10.3. The van der Waals surface area contributed by atoms with E-state index in [1.54, 1.807) is 0 Å². The minimum Gasteiger partial charge on any atom is -0.378 e. The van der Waals surface area contributed by atoms with E-state index in [0.29, 0.717) is 6.10 Å². The third-order valence-electron chi connectivity index (χ3n) is 1.26. The molecular weight excluding hydrogens is 132 g/mol. The lowest BCUT2D eigenvalue weighted by molar-refractivity contribution is 0.0759. The molecule has 0 heterocycles. The molecule has 0 rings (SSSR count). The number of thioether (sulfide) groups is 1. The Morgan fingerprint density at radius 1 is 1.56 bits per heavy atom. The molecule has 0 aromatic heterocycles. The van der Waals surface area contributed by atoms with Gasteiger partial charge in [-0.2, -0.15) is 11.8 Å². The van der Waals surface area contributed by atoms with Crippen molar-refractivity contribution in [1.82, 2.24) is 0 Å². The van der Waals surface area contributed by atoms with E-state index in [1.165, 1.54) is 0 Å². The normalized spacial score (nSPS) is 13.7. The van der Waals surface area contributed by atoms with Gasteiger partial charge in [0.1, 0.15) is 0 Å². The topological polar surface area (TPSA) is 9.23 Å². The zero-order valence-corrected chi connectivity index (χ0v) is 7.33. The van der Waals surface area contributed by atoms with E-state index in [9.17, 15) is 0 Å². The van der Waals surface area contributed by atoms with Crippen molar-refractivity contribution in [3.63, 3.8) is 0 Å². The van der Waals surface area contributed by atoms with Gasteiger partial charge in [-0.3, -0.25) is 0 Å². The van der Waals surface area contributed by atoms with Gasteiger partial charge in [-0.15, -0.1) is 0 Å². The van der Waals surface area contributed by atoms with Crippen LogP contribution in [0.5, 0.6) is 0 Å². The second-order valence-electron chi connectivity index (χ2n) is 2.08. The molecule has 2 heteroatoms. The quantitative estimate of drug-likeness (QED) is 0.553. The first-order chi connectivity index (χ1) is 4.31. The largest absolute Gasteiger partial charge is 0.378 e. The first-order valence-corrected chi connectivity index (χ1v) is 4.81. The highest BCUT2D eigenvalue weighted by molar-refractivity contribution is 7.98. The van der Waals surface area contributed by atoms with E-state index in [1.807, 2.05) is 11.8 Å². The molecule has 0 bridgehead atoms. The van der Waals surface area contributed by atoms with Gasteiger partial charge in [0.2, 0.25) is 0 Å². The third-order valence-corrected chi connectivity index (χ3v) is 1.84. The van der Waals surface area contributed by atoms with Crippen LogP contribution >= 0.6 is 11.8 Å². The number of hydrogen-bond acceptors (Lipinski definition) is 2. The molecule has 1 atom stereocenters. The van der Waals surface area contributed by atoms with Gasteiger partial charge in [0.25, 0.3) is 0 Å². The van der Waals surface area contributed by atoms with E-state index in [4.69, 9.17) is 4.74 Å². The Bertz CT molecular complexity index is 56.9. The number of rotatable bonds is 5. The Kier molecular flexibility index (Phi) is 6.65. The maximum absolute atomic E-state index is 5.41. The molecule has 0 radical (unpaired) electrons. The summed E-state index contributed by atoms with van der Waals surface area (Å²) in [5.74, 6) is 1.12. The molecule has 0 saturated carbocycles. The van der Waals surface area contributed by atoms with Crippen LogP contribution in [0.25, 0.3) is 0 Å². The van der Waals surface area contributed by atoms with Crippen LogP contribution in [-0.2, 0) is 4.74 Å². The molecule has 0 aliphatic carbocycles. The zero-order chi connectivity index (χ0) is 7.11. The van der Waals surface area contributed by atoms with Crippen LogP contribution in [0.3, 0.4) is 0 Å². The highest BCUT2D eigenvalue weighted by Crippen LogP contribution is 1.97. The lowest BCUT2D eigenvalue weighted by Gasteiger charge is -2.08. The van der Waals surface area contributed by atoms with E-state index in [-0.39, 0.29) is 0 Å². The molecule has 0 saturated heterocycles. The van der Waals surface area contributed by atoms with Gasteiger partial charge in [0.05, 0.1) is 12.7 Å². The van der Waals surface area contributed by atoms with Crippen LogP contribution in [0.1, 0.15) is 20.3 Å². The van der Waals surface area contributed by atoms with E-state index in [2.05, 4.69) is 20.1 Å². The fraction of sp³-hybridized carbons (Fsp3) is 1.00. The minimum atomic E-state index is 0.442. The molecular formula is C7H16OS. The van der Waals surface area contributed by atoms with E-state index < -0.39 is 0 Å². The Hall–Kier alpha value is 0.310. The summed E-state index contributed by atoms with van der Waals surface area (Å²) in [6.07, 6.45) is 3.66. The second kappa shape index (κ2) is 6.43. The Morgan fingerprint density at radius 3 is 2.67 bits per heavy atom. The number of ether oxygens (including phenoxy) is 1. The molecule has 56 valence electrons. The van der Waals surface area contributed by atoms with Crippen molar-refractivity contribution in [2.24, 2.45) is 0 Å². The number of hydrogen-bond donors (Lipinski definition) is 0. The molecule has 9 heavy (non-hydrogen) atoms. The highest BCUT2D eigenvalue weighted by Gasteiger charge is 1.95. The zero-order valence-electron chi connectivity index (χ0n) is 6.52. The second-order valence-corrected chi connectivity index (χ2v) is 3.07. The van der Waals surface area contributed by atoms with Crippen molar-refractivity contribution >= 4 is 11.8 Å². The molecule has 0 aromatic carbocycles. The fourth-order valence-electron chi connectivity index (χ4n) is 0.450. The Balaban J connectivity index is 2.88. The van der Waals surface area contributed by atoms with Gasteiger partial charge in [0.15, 0.2) is 0 Å². The SMILES string of the molecule is CCC(C)OCCSC. The summed E-state index contributed by atoms with van der Waals surface area (Å²) in [6.45, 7) is 5.15. The van der Waals surface area contributed by atoms with Crippen LogP contribution in [0.2, 0.25) is 0 Å². The summed E-state index contributed by atoms with van der Waals surface area (Å²) in [5, 5.41) is 0. The molecule has 0 spiro atoms. The van der Waals surface area contributed by atoms with Crippen molar-refractivity contribution in [2.75, 3.05) is 18.6 Å². The summed E-state index contributed by atoms with van der Waals surface area (Å²) in [6, 6.07) is 0. The van der Waals surface area contributed by atoms with Crippen molar-refractivity contribution in [1.29, 1.82) is 0 Å². The standard InChI is InChI=1S/C7H16OS/c1-4-7(2)8-5-6-9-3/h7H,4-6H2,1-3H3. The van der Waals surface area contributed by atoms with Crippen molar-refractivity contribution in [2.45, 2.75) is 26.4 Å². The van der Waals surface area contributed by atoms with E-state index >= 15 is 0 Å². The molecule has 1 nitrogen and oxygen atoms in total. The molecule has 0 aliphatic heterocycles. The summed E-state index contributed by atoms with van der Waals surface area (Å²) >= 11 is 1.83. The van der Waals surface area contributed by atoms with Crippen LogP contribution in [-0.4, -0.2) is 24.7 Å². The predicted octanol–water partition coefficient (Wildman–Crippen LogP) is 2.16. The van der Waals surface area contributed by atoms with Crippen LogP contribution in [0.15, 0.2) is 0 Å². The first kappa shape index (κ1) is 9.31. The first-order valence-electron chi connectivity index (χ1n) is 3.41. The highest BCUT2D eigenvalue weighted by atomic mass is 32.2. The van der Waals surface area contributed by atoms with Gasteiger partial charge in [-0.25, -0.2) is 0 Å². The lowest BCUT2D eigenvalue weighted by Crippen LogP contribution is -2.08. The van der Waals surface area contributed by atoms with Crippen LogP contribution in [0.4, 0.5) is 0 Å². The smallest absolute Gasteiger partial charge is 0.0560 e. The molecule has 0 aromatic rings. The van der Waals surface area contributed by atoms with Crippen molar-refractivity contribution in [3.05, 3.63) is 0 Å². The summed E-state index contributed by atoms with van der Waals surface area (Å²) in [7, 11) is 0. The minimum absolute atomic E-state index is 0.442. The molecule has 0 aliphatic rings. The third kappa shape index (κ3) is 6.19. The molecule has 0 fully saturated rings. The van der Waals surface area contributed by atoms with Crippen LogP contribution in [0, 0.1) is 0 Å². The molecule has 1 unspecified atom stereocenters. The Labute approximate surface area is 62.2 Å². The summed E-state index contributed by atoms with van der Waals surface area (Å²) in [5.41, 5.74) is 0. The van der Waals surface area contributed by atoms with Crippen molar-refractivity contribution in [3.8, 4) is 0 Å². The maximum atomic E-state index is 5.41. The van der Waals surface area contributed by atoms with Crippen molar-refractivity contribution < 1.29 is 4.74 Å². The maximum Gasteiger partial charge on any atom is 0.0560 e. The Morgan fingerprint density at radius 2 is 2.22 bits per heavy atom. The van der Waals surface area contributed by atoms with Gasteiger partial charge in [-0.1, -0.05) is 6.92 Å². The summed E-state index contributed by atoms with van der Waals surface area (Å²) < 4.78 is 5.41.